The van der Waals surface area contributed by atoms with Crippen molar-refractivity contribution < 1.29 is 4.74 Å². The van der Waals surface area contributed by atoms with Crippen LogP contribution in [0.1, 0.15) is 24.5 Å². The molecule has 0 atom stereocenters. The summed E-state index contributed by atoms with van der Waals surface area (Å²) in [5.74, 6) is 0.937. The number of halogens is 1. The zero-order valence-electron chi connectivity index (χ0n) is 11.7. The maximum Gasteiger partial charge on any atom is 0.125 e. The molecule has 0 fully saturated rings. The Hall–Kier alpha value is -1.32. The second kappa shape index (κ2) is 8.08. The first-order chi connectivity index (χ1) is 9.81. The Labute approximate surface area is 129 Å². The van der Waals surface area contributed by atoms with Gasteiger partial charge in [-0.3, -0.25) is 0 Å². The largest absolute Gasteiger partial charge is 0.489 e. The number of nitrogens with one attached hydrogen (secondary N) is 1. The lowest BCUT2D eigenvalue weighted by molar-refractivity contribution is 0.302. The number of hydrogen-bond acceptors (Lipinski definition) is 2. The van der Waals surface area contributed by atoms with Crippen LogP contribution < -0.4 is 10.1 Å². The van der Waals surface area contributed by atoms with E-state index in [0.29, 0.717) is 6.61 Å². The van der Waals surface area contributed by atoms with Crippen LogP contribution in [-0.2, 0) is 13.2 Å². The van der Waals surface area contributed by atoms with E-state index >= 15 is 0 Å². The summed E-state index contributed by atoms with van der Waals surface area (Å²) in [6.07, 6.45) is 1.13. The smallest absolute Gasteiger partial charge is 0.125 e. The Kier molecular flexibility index (Phi) is 6.09. The molecule has 3 heteroatoms. The number of benzene rings is 2. The van der Waals surface area contributed by atoms with Gasteiger partial charge in [-0.2, -0.15) is 0 Å². The third-order valence-corrected chi connectivity index (χ3v) is 3.78. The lowest BCUT2D eigenvalue weighted by Crippen LogP contribution is -2.15. The molecule has 1 N–H and O–H groups in total. The molecule has 0 aliphatic carbocycles. The molecule has 0 aliphatic heterocycles. The number of rotatable bonds is 7. The fraction of sp³-hybridized carbons (Fsp3) is 0.294. The second-order valence-electron chi connectivity index (χ2n) is 4.67. The van der Waals surface area contributed by atoms with Crippen molar-refractivity contribution in [2.45, 2.75) is 26.5 Å². The highest BCUT2D eigenvalue weighted by molar-refractivity contribution is 9.10. The molecule has 0 radical (unpaired) electrons. The van der Waals surface area contributed by atoms with Gasteiger partial charge in [-0.05, 0) is 30.7 Å². The van der Waals surface area contributed by atoms with Crippen molar-refractivity contribution in [1.29, 1.82) is 0 Å². The van der Waals surface area contributed by atoms with Gasteiger partial charge < -0.3 is 10.1 Å². The van der Waals surface area contributed by atoms with E-state index in [1.54, 1.807) is 0 Å². The van der Waals surface area contributed by atoms with Gasteiger partial charge in [0.15, 0.2) is 0 Å². The van der Waals surface area contributed by atoms with Gasteiger partial charge in [-0.15, -0.1) is 0 Å². The predicted octanol–water partition coefficient (Wildman–Crippen LogP) is 4.53. The Morgan fingerprint density at radius 2 is 1.85 bits per heavy atom. The van der Waals surface area contributed by atoms with E-state index < -0.39 is 0 Å². The van der Waals surface area contributed by atoms with Crippen molar-refractivity contribution in [2.24, 2.45) is 0 Å². The van der Waals surface area contributed by atoms with Gasteiger partial charge in [-0.1, -0.05) is 59.3 Å². The quantitative estimate of drug-likeness (QED) is 0.751. The average molecular weight is 334 g/mol. The normalized spacial score (nSPS) is 10.5. The molecule has 0 aliphatic rings. The number of hydrogen-bond donors (Lipinski definition) is 1. The van der Waals surface area contributed by atoms with E-state index in [-0.39, 0.29) is 0 Å². The van der Waals surface area contributed by atoms with E-state index in [1.165, 1.54) is 11.1 Å². The van der Waals surface area contributed by atoms with E-state index in [0.717, 1.165) is 29.7 Å². The molecule has 2 aromatic carbocycles. The summed E-state index contributed by atoms with van der Waals surface area (Å²) in [5.41, 5.74) is 2.36. The minimum absolute atomic E-state index is 0.595. The standard InChI is InChI=1S/C17H20BrNO/c1-2-11-19-12-15-16(18)9-6-10-17(15)20-13-14-7-4-3-5-8-14/h3-10,19H,2,11-13H2,1H3. The number of ether oxygens (including phenoxy) is 1. The molecule has 20 heavy (non-hydrogen) atoms. The summed E-state index contributed by atoms with van der Waals surface area (Å²) in [7, 11) is 0. The summed E-state index contributed by atoms with van der Waals surface area (Å²) in [5, 5.41) is 3.42. The maximum absolute atomic E-state index is 5.96. The van der Waals surface area contributed by atoms with Gasteiger partial charge in [0, 0.05) is 16.6 Å². The fourth-order valence-corrected chi connectivity index (χ4v) is 2.46. The first kappa shape index (κ1) is 15.1. The zero-order chi connectivity index (χ0) is 14.2. The highest BCUT2D eigenvalue weighted by atomic mass is 79.9. The highest BCUT2D eigenvalue weighted by Crippen LogP contribution is 2.27. The summed E-state index contributed by atoms with van der Waals surface area (Å²) >= 11 is 3.61. The molecule has 0 heterocycles. The monoisotopic (exact) mass is 333 g/mol. The van der Waals surface area contributed by atoms with Crippen LogP contribution in [0.25, 0.3) is 0 Å². The third kappa shape index (κ3) is 4.36. The van der Waals surface area contributed by atoms with Crippen molar-refractivity contribution >= 4 is 15.9 Å². The molecule has 0 saturated carbocycles. The molecule has 0 spiro atoms. The van der Waals surface area contributed by atoms with Crippen molar-refractivity contribution in [3.05, 3.63) is 64.1 Å². The van der Waals surface area contributed by atoms with Crippen molar-refractivity contribution in [2.75, 3.05) is 6.54 Å². The minimum Gasteiger partial charge on any atom is -0.489 e. The van der Waals surface area contributed by atoms with E-state index in [4.69, 9.17) is 4.74 Å². The van der Waals surface area contributed by atoms with Gasteiger partial charge >= 0.3 is 0 Å². The lowest BCUT2D eigenvalue weighted by atomic mass is 10.2. The fourth-order valence-electron chi connectivity index (χ4n) is 1.97. The van der Waals surface area contributed by atoms with E-state index in [9.17, 15) is 0 Å². The van der Waals surface area contributed by atoms with Gasteiger partial charge in [-0.25, -0.2) is 0 Å². The first-order valence-electron chi connectivity index (χ1n) is 6.96. The Balaban J connectivity index is 2.04. The van der Waals surface area contributed by atoms with E-state index in [2.05, 4.69) is 46.4 Å². The van der Waals surface area contributed by atoms with Crippen LogP contribution in [-0.4, -0.2) is 6.54 Å². The average Bonchev–Trinajstić information content (AvgIpc) is 2.48. The van der Waals surface area contributed by atoms with Gasteiger partial charge in [0.25, 0.3) is 0 Å². The summed E-state index contributed by atoms with van der Waals surface area (Å²) in [6.45, 7) is 4.59. The summed E-state index contributed by atoms with van der Waals surface area (Å²) < 4.78 is 7.05. The molecule has 0 amide bonds. The van der Waals surface area contributed by atoms with E-state index in [1.807, 2.05) is 30.3 Å². The van der Waals surface area contributed by atoms with Gasteiger partial charge in [0.1, 0.15) is 12.4 Å². The maximum atomic E-state index is 5.96. The van der Waals surface area contributed by atoms with Gasteiger partial charge in [0.05, 0.1) is 0 Å². The second-order valence-corrected chi connectivity index (χ2v) is 5.52. The van der Waals surface area contributed by atoms with Crippen LogP contribution in [0, 0.1) is 0 Å². The third-order valence-electron chi connectivity index (χ3n) is 3.04. The topological polar surface area (TPSA) is 21.3 Å². The molecule has 0 aromatic heterocycles. The molecule has 2 nitrogen and oxygen atoms in total. The Morgan fingerprint density at radius 1 is 1.05 bits per heavy atom. The van der Waals surface area contributed by atoms with Crippen LogP contribution in [0.4, 0.5) is 0 Å². The molecular weight excluding hydrogens is 314 g/mol. The molecular formula is C17H20BrNO. The van der Waals surface area contributed by atoms with Crippen LogP contribution in [0.3, 0.4) is 0 Å². The molecule has 106 valence electrons. The summed E-state index contributed by atoms with van der Waals surface area (Å²) in [4.78, 5) is 0. The van der Waals surface area contributed by atoms with Crippen LogP contribution in [0.5, 0.6) is 5.75 Å². The summed E-state index contributed by atoms with van der Waals surface area (Å²) in [6, 6.07) is 16.3. The van der Waals surface area contributed by atoms with Crippen LogP contribution in [0.15, 0.2) is 53.0 Å². The Morgan fingerprint density at radius 3 is 2.60 bits per heavy atom. The minimum atomic E-state index is 0.595. The first-order valence-corrected chi connectivity index (χ1v) is 7.75. The van der Waals surface area contributed by atoms with Crippen molar-refractivity contribution in [3.63, 3.8) is 0 Å². The van der Waals surface area contributed by atoms with Crippen LogP contribution in [0.2, 0.25) is 0 Å². The molecule has 0 unspecified atom stereocenters. The SMILES string of the molecule is CCCNCc1c(Br)cccc1OCc1ccccc1. The molecule has 2 rings (SSSR count). The van der Waals surface area contributed by atoms with Crippen LogP contribution >= 0.6 is 15.9 Å². The molecule has 2 aromatic rings. The van der Waals surface area contributed by atoms with Crippen molar-refractivity contribution in [1.82, 2.24) is 5.32 Å². The molecule has 0 bridgehead atoms. The highest BCUT2D eigenvalue weighted by Gasteiger charge is 2.07. The Bertz CT molecular complexity index is 528. The van der Waals surface area contributed by atoms with Gasteiger partial charge in [0.2, 0.25) is 0 Å². The predicted molar refractivity (Wildman–Crippen MR) is 86.9 cm³/mol. The van der Waals surface area contributed by atoms with Crippen molar-refractivity contribution in [3.8, 4) is 5.75 Å². The lowest BCUT2D eigenvalue weighted by Gasteiger charge is -2.14. The molecule has 0 saturated heterocycles. The zero-order valence-corrected chi connectivity index (χ0v) is 13.3.